The number of ether oxygens (including phenoxy) is 1. The van der Waals surface area contributed by atoms with Crippen LogP contribution in [0.3, 0.4) is 0 Å². The van der Waals surface area contributed by atoms with E-state index in [1.165, 1.54) is 28.1 Å². The zero-order valence-electron chi connectivity index (χ0n) is 18.9. The second-order valence-corrected chi connectivity index (χ2v) is 11.3. The molecule has 1 N–H and O–H groups in total. The zero-order chi connectivity index (χ0) is 23.4. The van der Waals surface area contributed by atoms with E-state index in [1.54, 1.807) is 0 Å². The standard InChI is InChI=1S/C24H31ClN2O4S/c1-24(2,3)19-8-10-20(11-9-19)31-16-13-26-23(28)18-7-12-21(25)22(17-18)32(29,30)27-14-5-4-6-15-27/h7-12,17H,4-6,13-16H2,1-3H3,(H,26,28). The Morgan fingerprint density at radius 1 is 1.06 bits per heavy atom. The van der Waals surface area contributed by atoms with Crippen LogP contribution in [0.2, 0.25) is 5.02 Å². The van der Waals surface area contributed by atoms with Crippen molar-refractivity contribution < 1.29 is 17.9 Å². The zero-order valence-corrected chi connectivity index (χ0v) is 20.4. The molecular formula is C24H31ClN2O4S. The molecule has 6 nitrogen and oxygen atoms in total. The average molecular weight is 479 g/mol. The molecule has 0 bridgehead atoms. The van der Waals surface area contributed by atoms with Crippen molar-refractivity contribution in [1.29, 1.82) is 0 Å². The smallest absolute Gasteiger partial charge is 0.251 e. The third-order valence-corrected chi connectivity index (χ3v) is 7.88. The lowest BCUT2D eigenvalue weighted by Crippen LogP contribution is -2.36. The Bertz CT molecular complexity index is 1040. The highest BCUT2D eigenvalue weighted by molar-refractivity contribution is 7.89. The molecule has 0 spiro atoms. The summed E-state index contributed by atoms with van der Waals surface area (Å²) >= 11 is 6.18. The van der Waals surface area contributed by atoms with Crippen LogP contribution in [0.1, 0.15) is 56.0 Å². The van der Waals surface area contributed by atoms with Gasteiger partial charge >= 0.3 is 0 Å². The summed E-state index contributed by atoms with van der Waals surface area (Å²) in [5.74, 6) is 0.358. The Morgan fingerprint density at radius 2 is 1.72 bits per heavy atom. The normalized spacial score (nSPS) is 15.4. The summed E-state index contributed by atoms with van der Waals surface area (Å²) in [5, 5.41) is 2.89. The van der Waals surface area contributed by atoms with Gasteiger partial charge in [0.1, 0.15) is 17.3 Å². The molecule has 1 fully saturated rings. The molecular weight excluding hydrogens is 448 g/mol. The summed E-state index contributed by atoms with van der Waals surface area (Å²) < 4.78 is 33.1. The van der Waals surface area contributed by atoms with E-state index in [-0.39, 0.29) is 33.3 Å². The molecule has 0 atom stereocenters. The molecule has 1 aliphatic rings. The van der Waals surface area contributed by atoms with E-state index < -0.39 is 10.0 Å². The first-order valence-electron chi connectivity index (χ1n) is 10.9. The minimum absolute atomic E-state index is 0.0242. The van der Waals surface area contributed by atoms with Crippen LogP contribution in [0.4, 0.5) is 0 Å². The van der Waals surface area contributed by atoms with Gasteiger partial charge in [-0.15, -0.1) is 0 Å². The second kappa shape index (κ2) is 10.2. The lowest BCUT2D eigenvalue weighted by atomic mass is 9.87. The molecule has 3 rings (SSSR count). The molecule has 1 amide bonds. The fourth-order valence-corrected chi connectivity index (χ4v) is 5.59. The fraction of sp³-hybridized carbons (Fsp3) is 0.458. The lowest BCUT2D eigenvalue weighted by Gasteiger charge is -2.26. The van der Waals surface area contributed by atoms with Gasteiger partial charge in [-0.3, -0.25) is 4.79 Å². The number of amides is 1. The van der Waals surface area contributed by atoms with Gasteiger partial charge in [-0.25, -0.2) is 8.42 Å². The van der Waals surface area contributed by atoms with Gasteiger partial charge in [0.2, 0.25) is 10.0 Å². The number of hydrogen-bond donors (Lipinski definition) is 1. The quantitative estimate of drug-likeness (QED) is 0.589. The number of hydrogen-bond acceptors (Lipinski definition) is 4. The molecule has 1 saturated heterocycles. The molecule has 1 aliphatic heterocycles. The largest absolute Gasteiger partial charge is 0.492 e. The highest BCUT2D eigenvalue weighted by atomic mass is 35.5. The van der Waals surface area contributed by atoms with Crippen LogP contribution in [0.15, 0.2) is 47.4 Å². The van der Waals surface area contributed by atoms with Gasteiger partial charge in [0, 0.05) is 18.7 Å². The van der Waals surface area contributed by atoms with Crippen molar-refractivity contribution in [3.8, 4) is 5.75 Å². The Kier molecular flexibility index (Phi) is 7.85. The number of halogens is 1. The molecule has 8 heteroatoms. The van der Waals surface area contributed by atoms with E-state index in [0.29, 0.717) is 19.7 Å². The molecule has 174 valence electrons. The van der Waals surface area contributed by atoms with Crippen molar-refractivity contribution >= 4 is 27.5 Å². The van der Waals surface area contributed by atoms with Crippen LogP contribution < -0.4 is 10.1 Å². The average Bonchev–Trinajstić information content (AvgIpc) is 2.77. The minimum atomic E-state index is -3.73. The minimum Gasteiger partial charge on any atom is -0.492 e. The molecule has 1 heterocycles. The van der Waals surface area contributed by atoms with Crippen molar-refractivity contribution in [2.45, 2.75) is 50.3 Å². The molecule has 0 radical (unpaired) electrons. The summed E-state index contributed by atoms with van der Waals surface area (Å²) in [5.41, 5.74) is 1.54. The van der Waals surface area contributed by atoms with Gasteiger partial charge in [0.25, 0.3) is 5.91 Å². The Balaban J connectivity index is 1.58. The Hall–Kier alpha value is -2.09. The highest BCUT2D eigenvalue weighted by Gasteiger charge is 2.28. The summed E-state index contributed by atoms with van der Waals surface area (Å²) in [6.07, 6.45) is 2.68. The first-order valence-corrected chi connectivity index (χ1v) is 12.7. The highest BCUT2D eigenvalue weighted by Crippen LogP contribution is 2.28. The van der Waals surface area contributed by atoms with E-state index in [0.717, 1.165) is 25.0 Å². The SMILES string of the molecule is CC(C)(C)c1ccc(OCCNC(=O)c2ccc(Cl)c(S(=O)(=O)N3CCCCC3)c2)cc1. The van der Waals surface area contributed by atoms with Crippen molar-refractivity contribution in [3.63, 3.8) is 0 Å². The van der Waals surface area contributed by atoms with E-state index in [1.807, 2.05) is 24.3 Å². The predicted octanol–water partition coefficient (Wildman–Crippen LogP) is 4.62. The maximum atomic E-state index is 13.0. The van der Waals surface area contributed by atoms with Crippen molar-refractivity contribution in [2.75, 3.05) is 26.2 Å². The van der Waals surface area contributed by atoms with Gasteiger partial charge < -0.3 is 10.1 Å². The fourth-order valence-electron chi connectivity index (χ4n) is 3.57. The van der Waals surface area contributed by atoms with Gasteiger partial charge in [0.05, 0.1) is 11.6 Å². The summed E-state index contributed by atoms with van der Waals surface area (Å²) in [6, 6.07) is 12.2. The molecule has 0 aliphatic carbocycles. The molecule has 32 heavy (non-hydrogen) atoms. The molecule has 0 saturated carbocycles. The lowest BCUT2D eigenvalue weighted by molar-refractivity contribution is 0.0946. The van der Waals surface area contributed by atoms with Crippen LogP contribution in [-0.4, -0.2) is 44.9 Å². The van der Waals surface area contributed by atoms with Crippen molar-refractivity contribution in [3.05, 3.63) is 58.6 Å². The Labute approximate surface area is 196 Å². The molecule has 0 unspecified atom stereocenters. The number of benzene rings is 2. The number of carbonyl (C=O) groups excluding carboxylic acids is 1. The summed E-state index contributed by atoms with van der Waals surface area (Å²) in [6.45, 7) is 7.99. The number of nitrogens with zero attached hydrogens (tertiary/aromatic N) is 1. The van der Waals surface area contributed by atoms with Crippen molar-refractivity contribution in [1.82, 2.24) is 9.62 Å². The number of piperidine rings is 1. The monoisotopic (exact) mass is 478 g/mol. The number of sulfonamides is 1. The van der Waals surface area contributed by atoms with Crippen LogP contribution in [0.5, 0.6) is 5.75 Å². The second-order valence-electron chi connectivity index (χ2n) is 8.99. The van der Waals surface area contributed by atoms with E-state index in [9.17, 15) is 13.2 Å². The Morgan fingerprint density at radius 3 is 2.34 bits per heavy atom. The van der Waals surface area contributed by atoms with Gasteiger partial charge in [-0.1, -0.05) is 50.9 Å². The molecule has 2 aromatic carbocycles. The number of carbonyl (C=O) groups is 1. The van der Waals surface area contributed by atoms with Gasteiger partial charge in [-0.05, 0) is 54.2 Å². The first kappa shape index (κ1) is 24.6. The van der Waals surface area contributed by atoms with Crippen molar-refractivity contribution in [2.24, 2.45) is 0 Å². The van der Waals surface area contributed by atoms with Gasteiger partial charge in [0.15, 0.2) is 0 Å². The third-order valence-electron chi connectivity index (χ3n) is 5.50. The molecule has 2 aromatic rings. The van der Waals surface area contributed by atoms with Crippen LogP contribution in [0, 0.1) is 0 Å². The third kappa shape index (κ3) is 6.03. The topological polar surface area (TPSA) is 75.7 Å². The molecule has 0 aromatic heterocycles. The van der Waals surface area contributed by atoms with E-state index >= 15 is 0 Å². The van der Waals surface area contributed by atoms with Crippen LogP contribution in [0.25, 0.3) is 0 Å². The van der Waals surface area contributed by atoms with Crippen LogP contribution in [-0.2, 0) is 15.4 Å². The number of nitrogens with one attached hydrogen (secondary N) is 1. The summed E-state index contributed by atoms with van der Waals surface area (Å²) in [4.78, 5) is 12.5. The van der Waals surface area contributed by atoms with Gasteiger partial charge in [-0.2, -0.15) is 4.31 Å². The number of rotatable bonds is 7. The summed E-state index contributed by atoms with van der Waals surface area (Å²) in [7, 11) is -3.73. The predicted molar refractivity (Wildman–Crippen MR) is 127 cm³/mol. The maximum Gasteiger partial charge on any atom is 0.251 e. The van der Waals surface area contributed by atoms with Crippen LogP contribution >= 0.6 is 11.6 Å². The maximum absolute atomic E-state index is 13.0. The van der Waals surface area contributed by atoms with E-state index in [4.69, 9.17) is 16.3 Å². The first-order chi connectivity index (χ1) is 15.1. The van der Waals surface area contributed by atoms with E-state index in [2.05, 4.69) is 26.1 Å².